The smallest absolute Gasteiger partial charge is 0.264 e. The van der Waals surface area contributed by atoms with Gasteiger partial charge in [-0.3, -0.25) is 9.10 Å². The van der Waals surface area contributed by atoms with Gasteiger partial charge in [-0.05, 0) is 56.0 Å². The number of fused-ring (bicyclic) bond motifs is 1. The first-order valence-corrected chi connectivity index (χ1v) is 12.5. The molecule has 0 unspecified atom stereocenters. The number of carbonyl (C=O) groups excluding carboxylic acids is 1. The Hall–Kier alpha value is -2.25. The van der Waals surface area contributed by atoms with E-state index in [-0.39, 0.29) is 17.3 Å². The van der Waals surface area contributed by atoms with E-state index in [2.05, 4.69) is 5.32 Å². The summed E-state index contributed by atoms with van der Waals surface area (Å²) in [4.78, 5) is 13.0. The van der Waals surface area contributed by atoms with Crippen LogP contribution in [0.2, 0.25) is 5.02 Å². The van der Waals surface area contributed by atoms with Crippen molar-refractivity contribution < 1.29 is 17.9 Å². The van der Waals surface area contributed by atoms with Crippen LogP contribution in [-0.2, 0) is 14.8 Å². The lowest BCUT2D eigenvalue weighted by Crippen LogP contribution is -2.51. The van der Waals surface area contributed by atoms with E-state index in [1.807, 2.05) is 6.92 Å². The molecule has 6 nitrogen and oxygen atoms in total. The van der Waals surface area contributed by atoms with E-state index in [1.54, 1.807) is 42.5 Å². The SMILES string of the molecule is Cc1ccc(S(=O)(=O)N2C[C@@H](C(=O)NCC3CCCCC3)Oc3ccc(Cl)cc32)cc1. The molecule has 0 radical (unpaired) electrons. The van der Waals surface area contributed by atoms with Crippen LogP contribution in [0.3, 0.4) is 0 Å². The van der Waals surface area contributed by atoms with Gasteiger partial charge in [-0.15, -0.1) is 0 Å². The Morgan fingerprint density at radius 1 is 1.13 bits per heavy atom. The van der Waals surface area contributed by atoms with Crippen molar-refractivity contribution in [2.24, 2.45) is 5.92 Å². The first kappa shape index (κ1) is 22.0. The molecule has 1 heterocycles. The van der Waals surface area contributed by atoms with E-state index < -0.39 is 16.1 Å². The lowest BCUT2D eigenvalue weighted by atomic mass is 9.89. The Bertz CT molecular complexity index is 1050. The second-order valence-corrected chi connectivity index (χ2v) is 10.6. The Labute approximate surface area is 188 Å². The van der Waals surface area contributed by atoms with Crippen LogP contribution in [-0.4, -0.2) is 33.5 Å². The minimum Gasteiger partial charge on any atom is -0.476 e. The Morgan fingerprint density at radius 3 is 2.55 bits per heavy atom. The van der Waals surface area contributed by atoms with E-state index in [0.29, 0.717) is 28.9 Å². The number of nitrogens with zero attached hydrogens (tertiary/aromatic N) is 1. The fourth-order valence-corrected chi connectivity index (χ4v) is 5.81. The fourth-order valence-electron chi connectivity index (χ4n) is 4.18. The van der Waals surface area contributed by atoms with Crippen LogP contribution in [0, 0.1) is 12.8 Å². The predicted octanol–water partition coefficient (Wildman–Crippen LogP) is 4.30. The van der Waals surface area contributed by atoms with Gasteiger partial charge in [-0.1, -0.05) is 48.6 Å². The Kier molecular flexibility index (Phi) is 6.44. The largest absolute Gasteiger partial charge is 0.476 e. The maximum Gasteiger partial charge on any atom is 0.264 e. The normalized spacial score (nSPS) is 19.4. The van der Waals surface area contributed by atoms with Crippen molar-refractivity contribution in [3.8, 4) is 5.75 Å². The highest BCUT2D eigenvalue weighted by Crippen LogP contribution is 2.39. The van der Waals surface area contributed by atoms with Crippen molar-refractivity contribution in [1.82, 2.24) is 5.32 Å². The number of hydrogen-bond donors (Lipinski definition) is 1. The molecule has 1 aliphatic carbocycles. The van der Waals surface area contributed by atoms with Gasteiger partial charge in [0.25, 0.3) is 15.9 Å². The molecule has 0 saturated heterocycles. The first-order chi connectivity index (χ1) is 14.8. The van der Waals surface area contributed by atoms with Crippen LogP contribution >= 0.6 is 11.6 Å². The van der Waals surface area contributed by atoms with E-state index in [4.69, 9.17) is 16.3 Å². The summed E-state index contributed by atoms with van der Waals surface area (Å²) in [5, 5.41) is 3.37. The number of sulfonamides is 1. The van der Waals surface area contributed by atoms with Crippen LogP contribution in [0.1, 0.15) is 37.7 Å². The minimum atomic E-state index is -3.90. The zero-order valence-electron chi connectivity index (χ0n) is 17.5. The molecule has 4 rings (SSSR count). The number of halogens is 1. The van der Waals surface area contributed by atoms with Crippen molar-refractivity contribution in [2.45, 2.75) is 50.0 Å². The van der Waals surface area contributed by atoms with Crippen molar-refractivity contribution in [2.75, 3.05) is 17.4 Å². The summed E-state index contributed by atoms with van der Waals surface area (Å²) in [6.07, 6.45) is 4.93. The maximum atomic E-state index is 13.4. The molecule has 2 aromatic carbocycles. The van der Waals surface area contributed by atoms with Crippen molar-refractivity contribution in [1.29, 1.82) is 0 Å². The second-order valence-electron chi connectivity index (χ2n) is 8.32. The zero-order valence-corrected chi connectivity index (χ0v) is 19.1. The number of carbonyl (C=O) groups is 1. The fraction of sp³-hybridized carbons (Fsp3) is 0.435. The summed E-state index contributed by atoms with van der Waals surface area (Å²) in [5.74, 6) is 0.499. The number of aryl methyl sites for hydroxylation is 1. The predicted molar refractivity (Wildman–Crippen MR) is 121 cm³/mol. The molecule has 166 valence electrons. The van der Waals surface area contributed by atoms with E-state index in [9.17, 15) is 13.2 Å². The molecule has 0 aromatic heterocycles. The standard InChI is InChI=1S/C23H27ClN2O4S/c1-16-7-10-19(11-8-16)31(28,29)26-15-22(30-21-12-9-18(24)13-20(21)26)23(27)25-14-17-5-3-2-4-6-17/h7-13,17,22H,2-6,14-15H2,1H3,(H,25,27)/t22-/m0/s1. The molecule has 2 aromatic rings. The number of rotatable bonds is 5. The van der Waals surface area contributed by atoms with Gasteiger partial charge in [0.05, 0.1) is 17.1 Å². The molecule has 0 bridgehead atoms. The number of nitrogens with one attached hydrogen (secondary N) is 1. The molecule has 0 spiro atoms. The molecule has 2 aliphatic rings. The lowest BCUT2D eigenvalue weighted by molar-refractivity contribution is -0.128. The van der Waals surface area contributed by atoms with E-state index in [1.165, 1.54) is 23.6 Å². The number of hydrogen-bond acceptors (Lipinski definition) is 4. The summed E-state index contributed by atoms with van der Waals surface area (Å²) < 4.78 is 34.0. The van der Waals surface area contributed by atoms with Crippen LogP contribution in [0.25, 0.3) is 0 Å². The lowest BCUT2D eigenvalue weighted by Gasteiger charge is -2.35. The number of amides is 1. The van der Waals surface area contributed by atoms with Crippen LogP contribution in [0.15, 0.2) is 47.4 Å². The summed E-state index contributed by atoms with van der Waals surface area (Å²) in [6, 6.07) is 11.4. The highest BCUT2D eigenvalue weighted by molar-refractivity contribution is 7.92. The van der Waals surface area contributed by atoms with Crippen LogP contribution in [0.5, 0.6) is 5.75 Å². The molecule has 1 fully saturated rings. The van der Waals surface area contributed by atoms with E-state index >= 15 is 0 Å². The highest BCUT2D eigenvalue weighted by Gasteiger charge is 2.37. The van der Waals surface area contributed by atoms with Crippen molar-refractivity contribution in [3.63, 3.8) is 0 Å². The quantitative estimate of drug-likeness (QED) is 0.718. The number of anilines is 1. The second kappa shape index (κ2) is 9.09. The van der Waals surface area contributed by atoms with Gasteiger partial charge in [0, 0.05) is 11.6 Å². The number of ether oxygens (including phenoxy) is 1. The van der Waals surface area contributed by atoms with Crippen LogP contribution < -0.4 is 14.4 Å². The third kappa shape index (κ3) is 4.83. The molecule has 1 saturated carbocycles. The van der Waals surface area contributed by atoms with Gasteiger partial charge in [-0.25, -0.2) is 8.42 Å². The summed E-state index contributed by atoms with van der Waals surface area (Å²) in [6.45, 7) is 2.38. The average molecular weight is 463 g/mol. The van der Waals surface area contributed by atoms with E-state index in [0.717, 1.165) is 18.4 Å². The molecular weight excluding hydrogens is 436 g/mol. The molecule has 31 heavy (non-hydrogen) atoms. The van der Waals surface area contributed by atoms with Crippen molar-refractivity contribution in [3.05, 3.63) is 53.1 Å². The van der Waals surface area contributed by atoms with Gasteiger partial charge in [0.15, 0.2) is 6.10 Å². The van der Waals surface area contributed by atoms with Gasteiger partial charge in [0.2, 0.25) is 0 Å². The maximum absolute atomic E-state index is 13.4. The van der Waals surface area contributed by atoms with Gasteiger partial charge < -0.3 is 10.1 Å². The summed E-state index contributed by atoms with van der Waals surface area (Å²) in [5.41, 5.74) is 1.30. The third-order valence-corrected chi connectivity index (χ3v) is 8.01. The zero-order chi connectivity index (χ0) is 22.0. The van der Waals surface area contributed by atoms with Gasteiger partial charge in [0.1, 0.15) is 5.75 Å². The Balaban J connectivity index is 1.59. The van der Waals surface area contributed by atoms with Gasteiger partial charge in [-0.2, -0.15) is 0 Å². The molecule has 1 amide bonds. The number of benzene rings is 2. The topological polar surface area (TPSA) is 75.7 Å². The van der Waals surface area contributed by atoms with Crippen molar-refractivity contribution >= 4 is 33.2 Å². The summed E-state index contributed by atoms with van der Waals surface area (Å²) in [7, 11) is -3.90. The molecule has 1 N–H and O–H groups in total. The Morgan fingerprint density at radius 2 is 1.84 bits per heavy atom. The molecule has 1 aliphatic heterocycles. The molecular formula is C23H27ClN2O4S. The first-order valence-electron chi connectivity index (χ1n) is 10.7. The molecule has 8 heteroatoms. The average Bonchev–Trinajstić information content (AvgIpc) is 2.77. The molecule has 1 atom stereocenters. The third-order valence-electron chi connectivity index (χ3n) is 5.98. The van der Waals surface area contributed by atoms with Gasteiger partial charge >= 0.3 is 0 Å². The summed E-state index contributed by atoms with van der Waals surface area (Å²) >= 11 is 6.14. The van der Waals surface area contributed by atoms with Crippen LogP contribution in [0.4, 0.5) is 5.69 Å². The minimum absolute atomic E-state index is 0.111. The monoisotopic (exact) mass is 462 g/mol. The highest BCUT2D eigenvalue weighted by atomic mass is 35.5.